The van der Waals surface area contributed by atoms with E-state index in [9.17, 15) is 8.78 Å². The van der Waals surface area contributed by atoms with Crippen LogP contribution >= 0.6 is 31.9 Å². The van der Waals surface area contributed by atoms with Crippen molar-refractivity contribution in [1.29, 1.82) is 0 Å². The number of halogens is 4. The van der Waals surface area contributed by atoms with Crippen LogP contribution in [0.1, 0.15) is 26.7 Å². The van der Waals surface area contributed by atoms with Crippen LogP contribution in [0.5, 0.6) is 0 Å². The zero-order valence-electron chi connectivity index (χ0n) is 7.99. The van der Waals surface area contributed by atoms with Crippen molar-refractivity contribution in [3.63, 3.8) is 0 Å². The van der Waals surface area contributed by atoms with Gasteiger partial charge in [-0.25, -0.2) is 0 Å². The van der Waals surface area contributed by atoms with Crippen molar-refractivity contribution in [1.82, 2.24) is 0 Å². The number of ether oxygens (including phenoxy) is 1. The Morgan fingerprint density at radius 1 is 1.36 bits per heavy atom. The predicted molar refractivity (Wildman–Crippen MR) is 59.8 cm³/mol. The summed E-state index contributed by atoms with van der Waals surface area (Å²) < 4.78 is 29.8. The maximum absolute atomic E-state index is 13.2. The minimum absolute atomic E-state index is 0.350. The molecule has 0 saturated carbocycles. The second-order valence-electron chi connectivity index (χ2n) is 2.81. The molecule has 0 spiro atoms. The fraction of sp³-hybridized carbons (Fsp3) is 0.778. The molecule has 0 unspecified atom stereocenters. The van der Waals surface area contributed by atoms with Gasteiger partial charge in [0.1, 0.15) is 5.60 Å². The normalized spacial score (nSPS) is 13.0. The maximum atomic E-state index is 13.2. The molecule has 0 atom stereocenters. The van der Waals surface area contributed by atoms with Crippen molar-refractivity contribution < 1.29 is 13.5 Å². The molecule has 0 aromatic heterocycles. The summed E-state index contributed by atoms with van der Waals surface area (Å²) in [6.07, 6.45) is 2.58. The van der Waals surface area contributed by atoms with Crippen LogP contribution in [0.25, 0.3) is 0 Å². The van der Waals surface area contributed by atoms with E-state index < -0.39 is 15.4 Å². The number of hydrogen-bond donors (Lipinski definition) is 0. The summed E-state index contributed by atoms with van der Waals surface area (Å²) >= 11 is 5.42. The molecule has 0 rings (SSSR count). The molecule has 0 radical (unpaired) electrons. The van der Waals surface area contributed by atoms with Crippen LogP contribution < -0.4 is 0 Å². The van der Waals surface area contributed by atoms with Crippen molar-refractivity contribution in [3.8, 4) is 12.3 Å². The highest BCUT2D eigenvalue weighted by molar-refractivity contribution is 9.24. The first-order chi connectivity index (χ1) is 6.33. The third-order valence-electron chi connectivity index (χ3n) is 1.99. The first kappa shape index (κ1) is 14.3. The molecule has 0 aliphatic carbocycles. The van der Waals surface area contributed by atoms with Gasteiger partial charge in [-0.2, -0.15) is 8.78 Å². The minimum Gasteiger partial charge on any atom is -0.299 e. The first-order valence-corrected chi connectivity index (χ1v) is 6.00. The molecule has 1 nitrogen and oxygen atoms in total. The Labute approximate surface area is 99.8 Å². The summed E-state index contributed by atoms with van der Waals surface area (Å²) in [5.41, 5.74) is -1.19. The second kappa shape index (κ2) is 5.43. The fourth-order valence-corrected chi connectivity index (χ4v) is 1.12. The van der Waals surface area contributed by atoms with E-state index in [2.05, 4.69) is 42.5 Å². The molecule has 0 heterocycles. The van der Waals surface area contributed by atoms with Gasteiger partial charge >= 0.3 is 6.11 Å². The molecule has 0 N–H and O–H groups in total. The van der Waals surface area contributed by atoms with E-state index in [4.69, 9.17) is 6.42 Å². The Hall–Kier alpha value is 0.340. The van der Waals surface area contributed by atoms with Gasteiger partial charge in [0.15, 0.2) is 3.74 Å². The van der Waals surface area contributed by atoms with Gasteiger partial charge in [0.25, 0.3) is 0 Å². The van der Waals surface area contributed by atoms with E-state index in [-0.39, 0.29) is 0 Å². The highest BCUT2D eigenvalue weighted by atomic mass is 79.9. The van der Waals surface area contributed by atoms with Crippen molar-refractivity contribution in [2.45, 2.75) is 42.1 Å². The van der Waals surface area contributed by atoms with E-state index >= 15 is 0 Å². The SMILES string of the molecule is C#CC(CC)(CC)OC(F)(F)C(Br)Br. The second-order valence-corrected chi connectivity index (χ2v) is 5.87. The van der Waals surface area contributed by atoms with E-state index in [0.717, 1.165) is 0 Å². The van der Waals surface area contributed by atoms with Gasteiger partial charge < -0.3 is 0 Å². The van der Waals surface area contributed by atoms with Gasteiger partial charge in [0.05, 0.1) is 0 Å². The Balaban J connectivity index is 4.70. The van der Waals surface area contributed by atoms with Gasteiger partial charge in [-0.15, -0.1) is 6.42 Å². The lowest BCUT2D eigenvalue weighted by atomic mass is 9.98. The van der Waals surface area contributed by atoms with E-state index in [1.165, 1.54) is 0 Å². The van der Waals surface area contributed by atoms with Gasteiger partial charge in [0, 0.05) is 0 Å². The van der Waals surface area contributed by atoms with Crippen molar-refractivity contribution in [2.75, 3.05) is 0 Å². The molecule has 0 aliphatic heterocycles. The van der Waals surface area contributed by atoms with Crippen LogP contribution in [0.15, 0.2) is 0 Å². The largest absolute Gasteiger partial charge is 0.379 e. The topological polar surface area (TPSA) is 9.23 Å². The quantitative estimate of drug-likeness (QED) is 0.547. The Bertz CT molecular complexity index is 219. The average molecular weight is 334 g/mol. The maximum Gasteiger partial charge on any atom is 0.379 e. The number of alkyl halides is 4. The fourth-order valence-electron chi connectivity index (χ4n) is 0.933. The van der Waals surface area contributed by atoms with Crippen LogP contribution in [0.3, 0.4) is 0 Å². The third-order valence-corrected chi connectivity index (χ3v) is 3.06. The minimum atomic E-state index is -3.32. The number of terminal acetylenes is 1. The summed E-state index contributed by atoms with van der Waals surface area (Å²) in [4.78, 5) is 0. The lowest BCUT2D eigenvalue weighted by Gasteiger charge is -2.31. The Morgan fingerprint density at radius 2 is 1.79 bits per heavy atom. The van der Waals surface area contributed by atoms with Crippen molar-refractivity contribution in [3.05, 3.63) is 0 Å². The van der Waals surface area contributed by atoms with Crippen LogP contribution in [-0.4, -0.2) is 15.4 Å². The number of rotatable bonds is 5. The van der Waals surface area contributed by atoms with Crippen molar-refractivity contribution >= 4 is 31.9 Å². The summed E-state index contributed by atoms with van der Waals surface area (Å²) in [6, 6.07) is 0. The van der Waals surface area contributed by atoms with Gasteiger partial charge in [-0.3, -0.25) is 4.74 Å². The molecule has 0 aromatic rings. The first-order valence-electron chi connectivity index (χ1n) is 4.17. The van der Waals surface area contributed by atoms with Crippen LogP contribution in [-0.2, 0) is 4.74 Å². The van der Waals surface area contributed by atoms with Gasteiger partial charge in [-0.1, -0.05) is 51.6 Å². The van der Waals surface area contributed by atoms with E-state index in [1.807, 2.05) is 0 Å². The summed E-state index contributed by atoms with van der Waals surface area (Å²) in [5.74, 6) is 2.28. The molecule has 0 aromatic carbocycles. The van der Waals surface area contributed by atoms with Gasteiger partial charge in [0.2, 0.25) is 0 Å². The monoisotopic (exact) mass is 332 g/mol. The lowest BCUT2D eigenvalue weighted by molar-refractivity contribution is -0.270. The van der Waals surface area contributed by atoms with Crippen molar-refractivity contribution in [2.24, 2.45) is 0 Å². The Morgan fingerprint density at radius 3 is 2.00 bits per heavy atom. The molecule has 5 heteroatoms. The average Bonchev–Trinajstić information content (AvgIpc) is 2.14. The van der Waals surface area contributed by atoms with E-state index in [0.29, 0.717) is 12.8 Å². The molecular formula is C9H12Br2F2O. The molecule has 82 valence electrons. The molecule has 0 aliphatic rings. The summed E-state index contributed by atoms with van der Waals surface area (Å²) in [6.45, 7) is 3.44. The Kier molecular flexibility index (Phi) is 5.56. The van der Waals surface area contributed by atoms with Crippen LogP contribution in [0.2, 0.25) is 0 Å². The zero-order valence-corrected chi connectivity index (χ0v) is 11.2. The molecular weight excluding hydrogens is 322 g/mol. The van der Waals surface area contributed by atoms with E-state index in [1.54, 1.807) is 13.8 Å². The standard InChI is InChI=1S/C9H12Br2F2O/c1-4-8(5-2,6-3)14-9(12,13)7(10)11/h1,7H,5-6H2,2-3H3. The number of hydrogen-bond acceptors (Lipinski definition) is 1. The van der Waals surface area contributed by atoms with Crippen LogP contribution in [0, 0.1) is 12.3 Å². The summed E-state index contributed by atoms with van der Waals surface area (Å²) in [7, 11) is 0. The highest BCUT2D eigenvalue weighted by Crippen LogP contribution is 2.36. The molecule has 14 heavy (non-hydrogen) atoms. The zero-order chi connectivity index (χ0) is 11.4. The summed E-state index contributed by atoms with van der Waals surface area (Å²) in [5, 5.41) is 0. The smallest absolute Gasteiger partial charge is 0.299 e. The van der Waals surface area contributed by atoms with Gasteiger partial charge in [-0.05, 0) is 12.8 Å². The highest BCUT2D eigenvalue weighted by Gasteiger charge is 2.44. The predicted octanol–water partition coefficient (Wildman–Crippen LogP) is 3.90. The third kappa shape index (κ3) is 3.48. The molecule has 0 amide bonds. The molecule has 0 saturated heterocycles. The lowest BCUT2D eigenvalue weighted by Crippen LogP contribution is -2.41. The van der Waals surface area contributed by atoms with Crippen LogP contribution in [0.4, 0.5) is 8.78 Å². The molecule has 0 fully saturated rings. The molecule has 0 bridgehead atoms.